The Bertz CT molecular complexity index is 1450. The Labute approximate surface area is 212 Å². The molecule has 0 radical (unpaired) electrons. The zero-order chi connectivity index (χ0) is 25.7. The van der Waals surface area contributed by atoms with E-state index in [0.29, 0.717) is 18.0 Å². The first kappa shape index (κ1) is 25.1. The summed E-state index contributed by atoms with van der Waals surface area (Å²) < 4.78 is 15.4. The van der Waals surface area contributed by atoms with Gasteiger partial charge in [-0.05, 0) is 54.8 Å². The molecule has 4 rings (SSSR count). The third-order valence-corrected chi connectivity index (χ3v) is 6.15. The van der Waals surface area contributed by atoms with Gasteiger partial charge in [-0.2, -0.15) is 0 Å². The van der Waals surface area contributed by atoms with E-state index < -0.39 is 17.2 Å². The molecule has 0 aliphatic rings. The molecule has 1 heterocycles. The lowest BCUT2D eigenvalue weighted by Gasteiger charge is -2.16. The fourth-order valence-electron chi connectivity index (χ4n) is 3.96. The summed E-state index contributed by atoms with van der Waals surface area (Å²) in [7, 11) is 0. The number of aromatic nitrogens is 1. The SMILES string of the molecule is C[C@H](NC(=O)c1cn(CC(=O)NCCc2ccc(Cl)cc2)c2cc(F)ccc2c1=O)c1ccccc1. The van der Waals surface area contributed by atoms with Gasteiger partial charge in [-0.25, -0.2) is 4.39 Å². The minimum atomic E-state index is -0.570. The molecular formula is C28H25ClFN3O3. The van der Waals surface area contributed by atoms with Crippen LogP contribution in [0.15, 0.2) is 83.8 Å². The number of nitrogens with one attached hydrogen (secondary N) is 2. The monoisotopic (exact) mass is 505 g/mol. The van der Waals surface area contributed by atoms with E-state index in [1.165, 1.54) is 22.9 Å². The van der Waals surface area contributed by atoms with Crippen LogP contribution in [0, 0.1) is 5.82 Å². The first-order valence-corrected chi connectivity index (χ1v) is 11.9. The molecule has 1 atom stereocenters. The maximum absolute atomic E-state index is 14.0. The molecule has 36 heavy (non-hydrogen) atoms. The summed E-state index contributed by atoms with van der Waals surface area (Å²) >= 11 is 5.90. The number of fused-ring (bicyclic) bond motifs is 1. The highest BCUT2D eigenvalue weighted by molar-refractivity contribution is 6.30. The molecule has 2 N–H and O–H groups in total. The van der Waals surface area contributed by atoms with Gasteiger partial charge >= 0.3 is 0 Å². The maximum Gasteiger partial charge on any atom is 0.257 e. The molecule has 0 fully saturated rings. The molecule has 0 unspecified atom stereocenters. The Morgan fingerprint density at radius 3 is 2.47 bits per heavy atom. The Morgan fingerprint density at radius 2 is 1.75 bits per heavy atom. The van der Waals surface area contributed by atoms with E-state index >= 15 is 0 Å². The normalized spacial score (nSPS) is 11.8. The molecule has 0 saturated carbocycles. The van der Waals surface area contributed by atoms with Crippen LogP contribution in [-0.2, 0) is 17.8 Å². The van der Waals surface area contributed by atoms with Crippen molar-refractivity contribution in [2.75, 3.05) is 6.54 Å². The van der Waals surface area contributed by atoms with Crippen LogP contribution < -0.4 is 16.1 Å². The highest BCUT2D eigenvalue weighted by Crippen LogP contribution is 2.16. The van der Waals surface area contributed by atoms with E-state index in [0.717, 1.165) is 17.2 Å². The molecule has 2 amide bonds. The van der Waals surface area contributed by atoms with Gasteiger partial charge in [0.25, 0.3) is 5.91 Å². The minimum absolute atomic E-state index is 0.120. The topological polar surface area (TPSA) is 80.2 Å². The number of benzene rings is 3. The number of carbonyl (C=O) groups is 2. The summed E-state index contributed by atoms with van der Waals surface area (Å²) in [5, 5.41) is 6.45. The fourth-order valence-corrected chi connectivity index (χ4v) is 4.09. The van der Waals surface area contributed by atoms with Crippen molar-refractivity contribution in [3.05, 3.63) is 117 Å². The van der Waals surface area contributed by atoms with E-state index in [1.807, 2.05) is 49.4 Å². The number of carbonyl (C=O) groups excluding carboxylic acids is 2. The van der Waals surface area contributed by atoms with Crippen molar-refractivity contribution < 1.29 is 14.0 Å². The van der Waals surface area contributed by atoms with Gasteiger partial charge in [-0.1, -0.05) is 54.1 Å². The predicted octanol–water partition coefficient (Wildman–Crippen LogP) is 4.64. The highest BCUT2D eigenvalue weighted by atomic mass is 35.5. The smallest absolute Gasteiger partial charge is 0.257 e. The maximum atomic E-state index is 14.0. The number of amides is 2. The van der Waals surface area contributed by atoms with Gasteiger partial charge < -0.3 is 15.2 Å². The lowest BCUT2D eigenvalue weighted by molar-refractivity contribution is -0.121. The second kappa shape index (κ2) is 11.2. The minimum Gasteiger partial charge on any atom is -0.354 e. The van der Waals surface area contributed by atoms with Crippen molar-refractivity contribution >= 4 is 34.3 Å². The fraction of sp³-hybridized carbons (Fsp3) is 0.179. The van der Waals surface area contributed by atoms with Crippen LogP contribution in [0.1, 0.15) is 34.5 Å². The summed E-state index contributed by atoms with van der Waals surface area (Å²) in [5.41, 5.74) is 1.49. The number of nitrogens with zero attached hydrogens (tertiary/aromatic N) is 1. The summed E-state index contributed by atoms with van der Waals surface area (Å²) in [6, 6.07) is 20.0. The van der Waals surface area contributed by atoms with Gasteiger partial charge in [0, 0.05) is 23.2 Å². The zero-order valence-electron chi connectivity index (χ0n) is 19.6. The number of hydrogen-bond acceptors (Lipinski definition) is 3. The van der Waals surface area contributed by atoms with Crippen LogP contribution in [0.5, 0.6) is 0 Å². The molecular weight excluding hydrogens is 481 g/mol. The van der Waals surface area contributed by atoms with Crippen molar-refractivity contribution in [1.82, 2.24) is 15.2 Å². The summed E-state index contributed by atoms with van der Waals surface area (Å²) in [6.45, 7) is 2.01. The van der Waals surface area contributed by atoms with E-state index in [9.17, 15) is 18.8 Å². The van der Waals surface area contributed by atoms with Crippen LogP contribution in [0.2, 0.25) is 5.02 Å². The van der Waals surface area contributed by atoms with Gasteiger partial charge in [0.1, 0.15) is 17.9 Å². The van der Waals surface area contributed by atoms with Crippen LogP contribution in [-0.4, -0.2) is 22.9 Å². The number of rotatable bonds is 8. The Morgan fingerprint density at radius 1 is 1.03 bits per heavy atom. The van der Waals surface area contributed by atoms with Gasteiger partial charge in [0.05, 0.1) is 11.6 Å². The lowest BCUT2D eigenvalue weighted by Crippen LogP contribution is -2.33. The first-order chi connectivity index (χ1) is 17.3. The van der Waals surface area contributed by atoms with Crippen molar-refractivity contribution in [3.63, 3.8) is 0 Å². The molecule has 184 valence electrons. The van der Waals surface area contributed by atoms with Crippen molar-refractivity contribution in [2.24, 2.45) is 0 Å². The quantitative estimate of drug-likeness (QED) is 0.366. The molecule has 1 aromatic heterocycles. The molecule has 6 nitrogen and oxygen atoms in total. The second-order valence-electron chi connectivity index (χ2n) is 8.49. The largest absolute Gasteiger partial charge is 0.354 e. The van der Waals surface area contributed by atoms with Gasteiger partial charge in [0.15, 0.2) is 0 Å². The van der Waals surface area contributed by atoms with E-state index in [1.54, 1.807) is 12.1 Å². The third-order valence-electron chi connectivity index (χ3n) is 5.90. The number of pyridine rings is 1. The molecule has 0 aliphatic carbocycles. The predicted molar refractivity (Wildman–Crippen MR) is 139 cm³/mol. The van der Waals surface area contributed by atoms with E-state index in [4.69, 9.17) is 11.6 Å². The van der Waals surface area contributed by atoms with Crippen molar-refractivity contribution in [1.29, 1.82) is 0 Å². The molecule has 4 aromatic rings. The Balaban J connectivity index is 1.55. The standard InChI is InChI=1S/C28H25ClFN3O3/c1-18(20-5-3-2-4-6-20)32-28(36)24-16-33(25-15-22(30)11-12-23(25)27(24)35)17-26(34)31-14-13-19-7-9-21(29)10-8-19/h2-12,15-16,18H,13-14,17H2,1H3,(H,31,34)(H,32,36)/t18-/m0/s1. The Kier molecular flexibility index (Phi) is 7.80. The molecule has 0 aliphatic heterocycles. The van der Waals surface area contributed by atoms with Gasteiger partial charge in [-0.15, -0.1) is 0 Å². The second-order valence-corrected chi connectivity index (χ2v) is 8.93. The lowest BCUT2D eigenvalue weighted by atomic mass is 10.1. The van der Waals surface area contributed by atoms with Gasteiger partial charge in [0.2, 0.25) is 11.3 Å². The summed E-state index contributed by atoms with van der Waals surface area (Å²) in [4.78, 5) is 38.8. The van der Waals surface area contributed by atoms with Crippen molar-refractivity contribution in [3.8, 4) is 0 Å². The van der Waals surface area contributed by atoms with E-state index in [-0.39, 0.29) is 35.0 Å². The van der Waals surface area contributed by atoms with Crippen LogP contribution >= 0.6 is 11.6 Å². The molecule has 0 saturated heterocycles. The van der Waals surface area contributed by atoms with Crippen molar-refractivity contribution in [2.45, 2.75) is 25.9 Å². The number of halogens is 2. The highest BCUT2D eigenvalue weighted by Gasteiger charge is 2.19. The average Bonchev–Trinajstić information content (AvgIpc) is 2.87. The van der Waals surface area contributed by atoms with E-state index in [2.05, 4.69) is 10.6 Å². The molecule has 0 spiro atoms. The number of hydrogen-bond donors (Lipinski definition) is 2. The molecule has 8 heteroatoms. The third kappa shape index (κ3) is 5.98. The zero-order valence-corrected chi connectivity index (χ0v) is 20.4. The average molecular weight is 506 g/mol. The summed E-state index contributed by atoms with van der Waals surface area (Å²) in [5.74, 6) is -1.45. The molecule has 0 bridgehead atoms. The molecule has 3 aromatic carbocycles. The van der Waals surface area contributed by atoms with Gasteiger partial charge in [-0.3, -0.25) is 14.4 Å². The van der Waals surface area contributed by atoms with Crippen LogP contribution in [0.25, 0.3) is 10.9 Å². The summed E-state index contributed by atoms with van der Waals surface area (Å²) in [6.07, 6.45) is 1.92. The first-order valence-electron chi connectivity index (χ1n) is 11.5. The van der Waals surface area contributed by atoms with Crippen LogP contribution in [0.4, 0.5) is 4.39 Å². The Hall–Kier alpha value is -3.97. The van der Waals surface area contributed by atoms with Crippen LogP contribution in [0.3, 0.4) is 0 Å².